The van der Waals surface area contributed by atoms with Crippen LogP contribution in [0.25, 0.3) is 11.0 Å². The van der Waals surface area contributed by atoms with Gasteiger partial charge in [0.05, 0.1) is 17.1 Å². The van der Waals surface area contributed by atoms with Crippen LogP contribution in [0, 0.1) is 5.82 Å². The molecule has 5 nitrogen and oxygen atoms in total. The van der Waals surface area contributed by atoms with Crippen molar-refractivity contribution in [1.82, 2.24) is 15.3 Å². The molecule has 7 heteroatoms. The number of amides is 1. The highest BCUT2D eigenvalue weighted by Crippen LogP contribution is 2.12. The van der Waals surface area contributed by atoms with E-state index < -0.39 is 6.04 Å². The van der Waals surface area contributed by atoms with Crippen LogP contribution in [0.5, 0.6) is 0 Å². The van der Waals surface area contributed by atoms with Crippen LogP contribution in [0.2, 0.25) is 0 Å². The molecular weight excluding hydrogens is 295 g/mol. The topological polar surface area (TPSA) is 83.8 Å². The van der Waals surface area contributed by atoms with Gasteiger partial charge in [-0.15, -0.1) is 12.4 Å². The van der Waals surface area contributed by atoms with Gasteiger partial charge in [-0.25, -0.2) is 9.37 Å². The van der Waals surface area contributed by atoms with Gasteiger partial charge in [0.1, 0.15) is 11.6 Å². The summed E-state index contributed by atoms with van der Waals surface area (Å²) in [5.74, 6) is 0.274. The molecule has 1 atom stereocenters. The van der Waals surface area contributed by atoms with Crippen LogP contribution >= 0.6 is 12.4 Å². The summed E-state index contributed by atoms with van der Waals surface area (Å²) in [6.07, 6.45) is 2.11. The van der Waals surface area contributed by atoms with Crippen molar-refractivity contribution >= 4 is 29.3 Å². The molecule has 0 aliphatic carbocycles. The summed E-state index contributed by atoms with van der Waals surface area (Å²) in [5, 5.41) is 2.77. The summed E-state index contributed by atoms with van der Waals surface area (Å²) in [5.41, 5.74) is 7.09. The van der Waals surface area contributed by atoms with Crippen molar-refractivity contribution < 1.29 is 9.18 Å². The van der Waals surface area contributed by atoms with Gasteiger partial charge in [0, 0.05) is 13.0 Å². The Morgan fingerprint density at radius 1 is 1.52 bits per heavy atom. The van der Waals surface area contributed by atoms with Crippen LogP contribution in [0.3, 0.4) is 0 Å². The van der Waals surface area contributed by atoms with E-state index in [2.05, 4.69) is 15.3 Å². The molecular formula is C14H20ClFN4O. The summed E-state index contributed by atoms with van der Waals surface area (Å²) in [4.78, 5) is 19.0. The van der Waals surface area contributed by atoms with E-state index in [1.54, 1.807) is 6.07 Å². The Hall–Kier alpha value is -1.66. The van der Waals surface area contributed by atoms with Crippen LogP contribution < -0.4 is 11.1 Å². The summed E-state index contributed by atoms with van der Waals surface area (Å²) in [7, 11) is 0. The first-order valence-corrected chi connectivity index (χ1v) is 6.77. The predicted octanol–water partition coefficient (Wildman–Crippen LogP) is 1.91. The smallest absolute Gasteiger partial charge is 0.236 e. The number of H-pyrrole nitrogens is 1. The first-order chi connectivity index (χ1) is 9.60. The number of aromatic amines is 1. The number of carbonyl (C=O) groups excluding carboxylic acids is 1. The number of fused-ring (bicyclic) bond motifs is 1. The molecule has 0 radical (unpaired) electrons. The highest BCUT2D eigenvalue weighted by Gasteiger charge is 2.11. The lowest BCUT2D eigenvalue weighted by Gasteiger charge is -2.10. The van der Waals surface area contributed by atoms with Crippen molar-refractivity contribution in [3.63, 3.8) is 0 Å². The number of hydrogen-bond acceptors (Lipinski definition) is 3. The Labute approximate surface area is 128 Å². The molecule has 0 saturated heterocycles. The van der Waals surface area contributed by atoms with Gasteiger partial charge >= 0.3 is 0 Å². The summed E-state index contributed by atoms with van der Waals surface area (Å²) in [6, 6.07) is 3.95. The zero-order valence-corrected chi connectivity index (χ0v) is 12.7. The molecule has 1 unspecified atom stereocenters. The van der Waals surface area contributed by atoms with Gasteiger partial charge in [0.25, 0.3) is 0 Å². The number of nitrogens with two attached hydrogens (primary N) is 1. The largest absolute Gasteiger partial charge is 0.354 e. The highest BCUT2D eigenvalue weighted by molar-refractivity contribution is 5.85. The van der Waals surface area contributed by atoms with Gasteiger partial charge in [-0.2, -0.15) is 0 Å². The van der Waals surface area contributed by atoms with E-state index in [0.29, 0.717) is 24.9 Å². The average molecular weight is 315 g/mol. The van der Waals surface area contributed by atoms with Gasteiger partial charge in [-0.3, -0.25) is 4.79 Å². The Kier molecular flexibility index (Phi) is 6.58. The number of rotatable bonds is 6. The monoisotopic (exact) mass is 314 g/mol. The third-order valence-corrected chi connectivity index (χ3v) is 3.09. The third kappa shape index (κ3) is 4.68. The second-order valence-corrected chi connectivity index (χ2v) is 4.78. The maximum atomic E-state index is 13.0. The lowest BCUT2D eigenvalue weighted by Crippen LogP contribution is -2.41. The molecule has 1 aromatic carbocycles. The first kappa shape index (κ1) is 17.4. The van der Waals surface area contributed by atoms with E-state index in [1.807, 2.05) is 6.92 Å². The zero-order valence-electron chi connectivity index (χ0n) is 11.9. The summed E-state index contributed by atoms with van der Waals surface area (Å²) < 4.78 is 13.0. The van der Waals surface area contributed by atoms with Crippen molar-refractivity contribution in [3.8, 4) is 0 Å². The minimum absolute atomic E-state index is 0. The molecule has 1 aromatic heterocycles. The summed E-state index contributed by atoms with van der Waals surface area (Å²) in [6.45, 7) is 2.44. The quantitative estimate of drug-likeness (QED) is 0.761. The molecule has 4 N–H and O–H groups in total. The average Bonchev–Trinajstić information content (AvgIpc) is 2.80. The Bertz CT molecular complexity index is 602. The van der Waals surface area contributed by atoms with Crippen molar-refractivity contribution in [1.29, 1.82) is 0 Å². The third-order valence-electron chi connectivity index (χ3n) is 3.09. The highest BCUT2D eigenvalue weighted by atomic mass is 35.5. The van der Waals surface area contributed by atoms with E-state index in [1.165, 1.54) is 12.1 Å². The Balaban J connectivity index is 0.00000220. The fourth-order valence-corrected chi connectivity index (χ4v) is 2.03. The Morgan fingerprint density at radius 2 is 2.29 bits per heavy atom. The number of nitrogens with zero attached hydrogens (tertiary/aromatic N) is 1. The molecule has 0 aliphatic rings. The van der Waals surface area contributed by atoms with Crippen LogP contribution in [-0.2, 0) is 11.2 Å². The molecule has 0 bridgehead atoms. The fraction of sp³-hybridized carbons (Fsp3) is 0.429. The normalized spacial score (nSPS) is 12.0. The van der Waals surface area contributed by atoms with E-state index in [4.69, 9.17) is 5.73 Å². The lowest BCUT2D eigenvalue weighted by molar-refractivity contribution is -0.122. The molecule has 2 aromatic rings. The van der Waals surface area contributed by atoms with E-state index in [9.17, 15) is 9.18 Å². The maximum Gasteiger partial charge on any atom is 0.236 e. The number of carbonyl (C=O) groups is 1. The van der Waals surface area contributed by atoms with Crippen LogP contribution in [-0.4, -0.2) is 28.5 Å². The van der Waals surface area contributed by atoms with Gasteiger partial charge in [0.2, 0.25) is 5.91 Å². The minimum atomic E-state index is -0.454. The number of aromatic nitrogens is 2. The molecule has 1 heterocycles. The molecule has 0 saturated carbocycles. The summed E-state index contributed by atoms with van der Waals surface area (Å²) >= 11 is 0. The second kappa shape index (κ2) is 7.95. The van der Waals surface area contributed by atoms with Gasteiger partial charge in [-0.05, 0) is 24.6 Å². The van der Waals surface area contributed by atoms with Crippen LogP contribution in [0.4, 0.5) is 4.39 Å². The van der Waals surface area contributed by atoms with Gasteiger partial charge < -0.3 is 16.0 Å². The number of imidazole rings is 1. The molecule has 0 aliphatic heterocycles. The number of benzene rings is 1. The van der Waals surface area contributed by atoms with E-state index >= 15 is 0 Å². The van der Waals surface area contributed by atoms with Crippen LogP contribution in [0.1, 0.15) is 25.6 Å². The molecule has 21 heavy (non-hydrogen) atoms. The molecule has 0 fully saturated rings. The molecule has 2 rings (SSSR count). The Morgan fingerprint density at radius 3 is 3.00 bits per heavy atom. The lowest BCUT2D eigenvalue weighted by atomic mass is 10.1. The van der Waals surface area contributed by atoms with E-state index in [0.717, 1.165) is 17.8 Å². The molecule has 0 spiro atoms. The van der Waals surface area contributed by atoms with Crippen molar-refractivity contribution in [3.05, 3.63) is 29.8 Å². The number of hydrogen-bond donors (Lipinski definition) is 3. The number of halogens is 2. The second-order valence-electron chi connectivity index (χ2n) is 4.78. The number of nitrogens with one attached hydrogen (secondary N) is 2. The van der Waals surface area contributed by atoms with Crippen molar-refractivity contribution in [2.45, 2.75) is 32.2 Å². The maximum absolute atomic E-state index is 13.0. The zero-order chi connectivity index (χ0) is 14.5. The minimum Gasteiger partial charge on any atom is -0.354 e. The fourth-order valence-electron chi connectivity index (χ4n) is 2.03. The first-order valence-electron chi connectivity index (χ1n) is 6.77. The van der Waals surface area contributed by atoms with E-state index in [-0.39, 0.29) is 24.1 Å². The van der Waals surface area contributed by atoms with Gasteiger partial charge in [-0.1, -0.05) is 13.3 Å². The SMILES string of the molecule is CCCC(N)C(=O)NCCc1nc2ccc(F)cc2[nH]1.Cl. The van der Waals surface area contributed by atoms with Crippen LogP contribution in [0.15, 0.2) is 18.2 Å². The van der Waals surface area contributed by atoms with Gasteiger partial charge in [0.15, 0.2) is 0 Å². The van der Waals surface area contributed by atoms with Crippen molar-refractivity contribution in [2.75, 3.05) is 6.54 Å². The predicted molar refractivity (Wildman–Crippen MR) is 82.9 cm³/mol. The van der Waals surface area contributed by atoms with Crippen molar-refractivity contribution in [2.24, 2.45) is 5.73 Å². The standard InChI is InChI=1S/C14H19FN4O.ClH/c1-2-3-10(16)14(20)17-7-6-13-18-11-5-4-9(15)8-12(11)19-13;/h4-5,8,10H,2-3,6-7,16H2,1H3,(H,17,20)(H,18,19);1H. The molecule has 116 valence electrons. The molecule has 1 amide bonds.